The molecule has 0 radical (unpaired) electrons. The molecule has 46 heavy (non-hydrogen) atoms. The van der Waals surface area contributed by atoms with Crippen molar-refractivity contribution in [2.75, 3.05) is 14.2 Å². The molecule has 9 rings (SSSR count). The molecule has 4 aliphatic rings. The van der Waals surface area contributed by atoms with Gasteiger partial charge < -0.3 is 30.1 Å². The van der Waals surface area contributed by atoms with Crippen molar-refractivity contribution < 1.29 is 9.47 Å². The highest BCUT2D eigenvalue weighted by Gasteiger charge is 2.49. The molecule has 4 saturated carbocycles. The van der Waals surface area contributed by atoms with E-state index in [1.165, 1.54) is 82.6 Å². The van der Waals surface area contributed by atoms with Gasteiger partial charge in [-0.2, -0.15) is 0 Å². The quantitative estimate of drug-likeness (QED) is 0.129. The zero-order valence-electron chi connectivity index (χ0n) is 27.0. The van der Waals surface area contributed by atoms with Gasteiger partial charge >= 0.3 is 0 Å². The molecule has 6 heteroatoms. The van der Waals surface area contributed by atoms with E-state index >= 15 is 0 Å². The van der Waals surface area contributed by atoms with Crippen molar-refractivity contribution >= 4 is 21.8 Å². The van der Waals surface area contributed by atoms with E-state index < -0.39 is 0 Å². The predicted octanol–water partition coefficient (Wildman–Crippen LogP) is 8.01. The summed E-state index contributed by atoms with van der Waals surface area (Å²) >= 11 is 0. The molecule has 238 valence electrons. The van der Waals surface area contributed by atoms with Crippen LogP contribution in [0.4, 0.5) is 0 Å². The van der Waals surface area contributed by atoms with Gasteiger partial charge in [-0.25, -0.2) is 0 Å². The van der Waals surface area contributed by atoms with Crippen LogP contribution in [0, 0.1) is 23.7 Å². The van der Waals surface area contributed by atoms with Gasteiger partial charge in [0, 0.05) is 71.2 Å². The molecule has 0 aliphatic heterocycles. The van der Waals surface area contributed by atoms with Crippen molar-refractivity contribution in [3.05, 3.63) is 95.3 Å². The number of rotatable bonds is 10. The predicted molar refractivity (Wildman–Crippen MR) is 185 cm³/mol. The van der Waals surface area contributed by atoms with Gasteiger partial charge in [-0.3, -0.25) is 0 Å². The van der Waals surface area contributed by atoms with E-state index in [9.17, 15) is 0 Å². The van der Waals surface area contributed by atoms with E-state index in [2.05, 4.69) is 93.7 Å². The summed E-state index contributed by atoms with van der Waals surface area (Å²) in [6.07, 6.45) is 12.6. The fourth-order valence-corrected chi connectivity index (χ4v) is 10.4. The number of fused-ring (bicyclic) bond motifs is 6. The maximum atomic E-state index is 5.59. The fourth-order valence-electron chi connectivity index (χ4n) is 10.4. The van der Waals surface area contributed by atoms with Gasteiger partial charge in [-0.05, 0) is 121 Å². The van der Waals surface area contributed by atoms with Crippen LogP contribution in [0.5, 0.6) is 11.5 Å². The average molecular weight is 615 g/mol. The van der Waals surface area contributed by atoms with Gasteiger partial charge in [0.1, 0.15) is 11.5 Å². The van der Waals surface area contributed by atoms with E-state index in [1.54, 1.807) is 14.2 Å². The minimum absolute atomic E-state index is 0.510. The van der Waals surface area contributed by atoms with Gasteiger partial charge in [-0.1, -0.05) is 24.3 Å². The Balaban J connectivity index is 0.904. The zero-order valence-corrected chi connectivity index (χ0v) is 27.0. The van der Waals surface area contributed by atoms with E-state index in [4.69, 9.17) is 9.47 Å². The summed E-state index contributed by atoms with van der Waals surface area (Å²) in [5, 5.41) is 10.8. The second-order valence-corrected chi connectivity index (χ2v) is 14.7. The molecule has 4 fully saturated rings. The molecule has 8 atom stereocenters. The first kappa shape index (κ1) is 28.5. The molecular weight excluding hydrogens is 568 g/mol. The standard InChI is InChI=1S/C40H46N4O2/c1-45-29-10-12-35-31(17-29)33(21-41-35)37-25-6-8-27(15-25)39(37)43-19-23-4-3-5-24(14-23)20-44-40-28-9-7-26(16-28)38(40)34-22-42-36-13-11-30(46-2)18-32(34)36/h3-5,10-14,17-18,21-22,25-28,37-44H,6-9,15-16,19-20H2,1-2H3/t25-,26+,27+,28-,37-,38-,39+,40-/m1/s1. The molecule has 4 bridgehead atoms. The Morgan fingerprint density at radius 1 is 0.609 bits per heavy atom. The molecule has 0 amide bonds. The van der Waals surface area contributed by atoms with Crippen LogP contribution in [0.2, 0.25) is 0 Å². The van der Waals surface area contributed by atoms with Gasteiger partial charge in [0.25, 0.3) is 0 Å². The van der Waals surface area contributed by atoms with E-state index in [1.807, 2.05) is 0 Å². The van der Waals surface area contributed by atoms with Crippen molar-refractivity contribution in [1.29, 1.82) is 0 Å². The number of hydrogen-bond acceptors (Lipinski definition) is 4. The highest BCUT2D eigenvalue weighted by Crippen LogP contribution is 2.55. The van der Waals surface area contributed by atoms with E-state index in [0.29, 0.717) is 23.9 Å². The van der Waals surface area contributed by atoms with Crippen LogP contribution >= 0.6 is 0 Å². The summed E-state index contributed by atoms with van der Waals surface area (Å²) in [4.78, 5) is 7.11. The van der Waals surface area contributed by atoms with Crippen LogP contribution in [-0.4, -0.2) is 36.3 Å². The number of hydrogen-bond donors (Lipinski definition) is 4. The molecule has 0 spiro atoms. The van der Waals surface area contributed by atoms with Gasteiger partial charge in [0.05, 0.1) is 14.2 Å². The second kappa shape index (κ2) is 11.5. The number of benzene rings is 3. The maximum Gasteiger partial charge on any atom is 0.119 e. The van der Waals surface area contributed by atoms with Crippen molar-refractivity contribution in [2.45, 2.75) is 75.5 Å². The molecule has 2 aromatic heterocycles. The molecule has 4 aliphatic carbocycles. The number of methoxy groups -OCH3 is 2. The minimum atomic E-state index is 0.510. The Hall–Kier alpha value is -3.74. The molecule has 4 N–H and O–H groups in total. The van der Waals surface area contributed by atoms with Crippen LogP contribution in [0.25, 0.3) is 21.8 Å². The lowest BCUT2D eigenvalue weighted by molar-refractivity contribution is 0.309. The second-order valence-electron chi connectivity index (χ2n) is 14.7. The van der Waals surface area contributed by atoms with Gasteiger partial charge in [0.2, 0.25) is 0 Å². The number of ether oxygens (including phenoxy) is 2. The molecule has 5 aromatic rings. The first-order valence-electron chi connectivity index (χ1n) is 17.5. The van der Waals surface area contributed by atoms with E-state index in [-0.39, 0.29) is 0 Å². The molecule has 0 unspecified atom stereocenters. The Morgan fingerprint density at radius 2 is 1.09 bits per heavy atom. The molecule has 2 heterocycles. The minimum Gasteiger partial charge on any atom is -0.497 e. The number of aromatic nitrogens is 2. The first-order valence-corrected chi connectivity index (χ1v) is 17.5. The Labute approximate surface area is 271 Å². The largest absolute Gasteiger partial charge is 0.497 e. The SMILES string of the molecule is COc1ccc2[nH]cc([C@H]3[C@H]4CC[C@H](C4)[C@H]3NCc3cccc(CN[C@H]4[C@H]5CC[C@H](C5)[C@@H]4c4c[nH]c5ccc(OC)cc45)c3)c2c1. The topological polar surface area (TPSA) is 74.1 Å². The summed E-state index contributed by atoms with van der Waals surface area (Å²) in [5.41, 5.74) is 8.11. The lowest BCUT2D eigenvalue weighted by atomic mass is 9.79. The lowest BCUT2D eigenvalue weighted by Crippen LogP contribution is -2.39. The Bertz CT molecular complexity index is 1740. The third-order valence-electron chi connectivity index (χ3n) is 12.5. The normalized spacial score (nSPS) is 29.8. The van der Waals surface area contributed by atoms with Crippen molar-refractivity contribution in [1.82, 2.24) is 20.6 Å². The molecule has 6 nitrogen and oxygen atoms in total. The van der Waals surface area contributed by atoms with Crippen LogP contribution < -0.4 is 20.1 Å². The third kappa shape index (κ3) is 4.75. The van der Waals surface area contributed by atoms with Crippen molar-refractivity contribution in [2.24, 2.45) is 23.7 Å². The van der Waals surface area contributed by atoms with Crippen molar-refractivity contribution in [3.63, 3.8) is 0 Å². The Morgan fingerprint density at radius 3 is 1.57 bits per heavy atom. The summed E-state index contributed by atoms with van der Waals surface area (Å²) in [6.45, 7) is 1.83. The summed E-state index contributed by atoms with van der Waals surface area (Å²) in [7, 11) is 3.52. The van der Waals surface area contributed by atoms with Crippen LogP contribution in [-0.2, 0) is 13.1 Å². The van der Waals surface area contributed by atoms with Gasteiger partial charge in [0.15, 0.2) is 0 Å². The van der Waals surface area contributed by atoms with Crippen LogP contribution in [0.15, 0.2) is 73.1 Å². The number of aromatic amines is 2. The van der Waals surface area contributed by atoms with Crippen LogP contribution in [0.1, 0.15) is 72.6 Å². The number of nitrogens with one attached hydrogen (secondary N) is 4. The summed E-state index contributed by atoms with van der Waals surface area (Å²) in [5.74, 6) is 6.00. The zero-order chi connectivity index (χ0) is 30.8. The Kier molecular flexibility index (Phi) is 7.12. The molecule has 0 saturated heterocycles. The average Bonchev–Trinajstić information content (AvgIpc) is 3.95. The smallest absolute Gasteiger partial charge is 0.119 e. The molecular formula is C40H46N4O2. The van der Waals surface area contributed by atoms with Crippen molar-refractivity contribution in [3.8, 4) is 11.5 Å². The third-order valence-corrected chi connectivity index (χ3v) is 12.5. The lowest BCUT2D eigenvalue weighted by Gasteiger charge is -2.32. The fraction of sp³-hybridized carbons (Fsp3) is 0.450. The molecule has 3 aromatic carbocycles. The van der Waals surface area contributed by atoms with Crippen LogP contribution in [0.3, 0.4) is 0 Å². The highest BCUT2D eigenvalue weighted by molar-refractivity contribution is 5.86. The number of H-pyrrole nitrogens is 2. The monoisotopic (exact) mass is 614 g/mol. The van der Waals surface area contributed by atoms with Gasteiger partial charge in [-0.15, -0.1) is 0 Å². The van der Waals surface area contributed by atoms with E-state index in [0.717, 1.165) is 48.3 Å². The first-order chi connectivity index (χ1) is 22.7. The highest BCUT2D eigenvalue weighted by atomic mass is 16.5. The summed E-state index contributed by atoms with van der Waals surface area (Å²) in [6, 6.07) is 23.2. The summed E-state index contributed by atoms with van der Waals surface area (Å²) < 4.78 is 11.2. The maximum absolute atomic E-state index is 5.59.